The third-order valence-electron chi connectivity index (χ3n) is 1.92. The molecule has 0 atom stereocenters. The standard InChI is InChI=1S/C8H12N6OS/c9-6-12-7(10)14-8(13-6)16-3-5(15)11-4-1-2-4/h4H,1-3H2,(H,11,15)(H4,9,10,12,13,14). The Labute approximate surface area is 96.4 Å². The largest absolute Gasteiger partial charge is 0.368 e. The molecule has 16 heavy (non-hydrogen) atoms. The Morgan fingerprint density at radius 1 is 1.31 bits per heavy atom. The van der Waals surface area contributed by atoms with E-state index in [0.717, 1.165) is 12.8 Å². The van der Waals surface area contributed by atoms with Crippen LogP contribution in [0.3, 0.4) is 0 Å². The molecule has 1 amide bonds. The van der Waals surface area contributed by atoms with Crippen LogP contribution in [0.4, 0.5) is 11.9 Å². The molecule has 1 fully saturated rings. The first-order valence-electron chi connectivity index (χ1n) is 4.82. The molecule has 0 spiro atoms. The Bertz CT molecular complexity index is 387. The summed E-state index contributed by atoms with van der Waals surface area (Å²) >= 11 is 1.19. The van der Waals surface area contributed by atoms with Crippen molar-refractivity contribution < 1.29 is 4.79 Å². The number of nitrogens with zero attached hydrogens (tertiary/aromatic N) is 3. The third kappa shape index (κ3) is 3.23. The maximum absolute atomic E-state index is 11.4. The van der Waals surface area contributed by atoms with Gasteiger partial charge in [-0.1, -0.05) is 11.8 Å². The van der Waals surface area contributed by atoms with Gasteiger partial charge in [0.05, 0.1) is 5.75 Å². The van der Waals surface area contributed by atoms with Crippen LogP contribution in [0.1, 0.15) is 12.8 Å². The zero-order chi connectivity index (χ0) is 11.5. The fourth-order valence-electron chi connectivity index (χ4n) is 1.08. The Morgan fingerprint density at radius 2 is 1.94 bits per heavy atom. The predicted octanol–water partition coefficient (Wildman–Crippen LogP) is -0.593. The van der Waals surface area contributed by atoms with Crippen LogP contribution in [-0.4, -0.2) is 32.7 Å². The zero-order valence-electron chi connectivity index (χ0n) is 8.51. The normalized spacial score (nSPS) is 14.8. The number of hydrogen-bond donors (Lipinski definition) is 3. The maximum Gasteiger partial charge on any atom is 0.230 e. The average Bonchev–Trinajstić information content (AvgIpc) is 2.97. The van der Waals surface area contributed by atoms with Crippen LogP contribution in [0.15, 0.2) is 5.16 Å². The van der Waals surface area contributed by atoms with Crippen molar-refractivity contribution in [2.45, 2.75) is 24.0 Å². The predicted molar refractivity (Wildman–Crippen MR) is 60.5 cm³/mol. The van der Waals surface area contributed by atoms with E-state index in [2.05, 4.69) is 20.3 Å². The van der Waals surface area contributed by atoms with Crippen LogP contribution in [0.2, 0.25) is 0 Å². The number of nitrogens with two attached hydrogens (primary N) is 2. The number of thioether (sulfide) groups is 1. The number of hydrogen-bond acceptors (Lipinski definition) is 7. The number of aromatic nitrogens is 3. The molecule has 1 aromatic rings. The SMILES string of the molecule is Nc1nc(N)nc(SCC(=O)NC2CC2)n1. The summed E-state index contributed by atoms with van der Waals surface area (Å²) in [6.07, 6.45) is 2.14. The Kier molecular flexibility index (Phi) is 3.09. The minimum atomic E-state index is -0.0231. The Balaban J connectivity index is 1.85. The molecule has 0 bridgehead atoms. The molecule has 0 aromatic carbocycles. The number of rotatable bonds is 4. The Morgan fingerprint density at radius 3 is 2.50 bits per heavy atom. The molecule has 1 aliphatic carbocycles. The molecule has 1 aromatic heterocycles. The molecule has 5 N–H and O–H groups in total. The Hall–Kier alpha value is -1.57. The van der Waals surface area contributed by atoms with Crippen LogP contribution >= 0.6 is 11.8 Å². The summed E-state index contributed by atoms with van der Waals surface area (Å²) in [5.41, 5.74) is 10.8. The third-order valence-corrected chi connectivity index (χ3v) is 2.77. The number of carbonyl (C=O) groups excluding carboxylic acids is 1. The molecule has 0 aliphatic heterocycles. The highest BCUT2D eigenvalue weighted by molar-refractivity contribution is 7.99. The van der Waals surface area contributed by atoms with Crippen molar-refractivity contribution in [2.24, 2.45) is 0 Å². The monoisotopic (exact) mass is 240 g/mol. The van der Waals surface area contributed by atoms with Gasteiger partial charge in [-0.25, -0.2) is 0 Å². The van der Waals surface area contributed by atoms with Gasteiger partial charge in [0, 0.05) is 6.04 Å². The molecule has 1 aliphatic rings. The lowest BCUT2D eigenvalue weighted by Crippen LogP contribution is -2.27. The summed E-state index contributed by atoms with van der Waals surface area (Å²) < 4.78 is 0. The van der Waals surface area contributed by atoms with Crippen LogP contribution in [0.5, 0.6) is 0 Å². The molecule has 1 heterocycles. The number of carbonyl (C=O) groups is 1. The quantitative estimate of drug-likeness (QED) is 0.601. The van der Waals surface area contributed by atoms with Crippen molar-refractivity contribution >= 4 is 29.6 Å². The molecule has 8 heteroatoms. The maximum atomic E-state index is 11.4. The van der Waals surface area contributed by atoms with E-state index in [1.807, 2.05) is 0 Å². The molecular weight excluding hydrogens is 228 g/mol. The topological polar surface area (TPSA) is 120 Å². The second-order valence-electron chi connectivity index (χ2n) is 3.46. The lowest BCUT2D eigenvalue weighted by molar-refractivity contribution is -0.118. The first kappa shape index (κ1) is 10.9. The number of anilines is 2. The van der Waals surface area contributed by atoms with E-state index in [4.69, 9.17) is 11.5 Å². The minimum absolute atomic E-state index is 0.0231. The van der Waals surface area contributed by atoms with Crippen LogP contribution in [0.25, 0.3) is 0 Å². The highest BCUT2D eigenvalue weighted by Gasteiger charge is 2.23. The van der Waals surface area contributed by atoms with Crippen LogP contribution in [0, 0.1) is 0 Å². The van der Waals surface area contributed by atoms with E-state index < -0.39 is 0 Å². The first-order valence-corrected chi connectivity index (χ1v) is 5.81. The van der Waals surface area contributed by atoms with Gasteiger partial charge in [-0.3, -0.25) is 4.79 Å². The number of amides is 1. The smallest absolute Gasteiger partial charge is 0.230 e. The summed E-state index contributed by atoms with van der Waals surface area (Å²) in [7, 11) is 0. The molecular formula is C8H12N6OS. The molecule has 86 valence electrons. The summed E-state index contributed by atoms with van der Waals surface area (Å²) in [6, 6.07) is 0.363. The molecule has 0 radical (unpaired) electrons. The second kappa shape index (κ2) is 4.52. The lowest BCUT2D eigenvalue weighted by Gasteiger charge is -2.02. The molecule has 7 nitrogen and oxygen atoms in total. The minimum Gasteiger partial charge on any atom is -0.368 e. The molecule has 2 rings (SSSR count). The van der Waals surface area contributed by atoms with Crippen LogP contribution in [-0.2, 0) is 4.79 Å². The van der Waals surface area contributed by atoms with E-state index in [1.54, 1.807) is 0 Å². The molecule has 1 saturated carbocycles. The van der Waals surface area contributed by atoms with E-state index in [9.17, 15) is 4.79 Å². The van der Waals surface area contributed by atoms with Crippen molar-refractivity contribution in [2.75, 3.05) is 17.2 Å². The van der Waals surface area contributed by atoms with Gasteiger partial charge < -0.3 is 16.8 Å². The van der Waals surface area contributed by atoms with Crippen molar-refractivity contribution in [1.29, 1.82) is 0 Å². The van der Waals surface area contributed by atoms with E-state index in [-0.39, 0.29) is 23.6 Å². The number of nitrogen functional groups attached to an aromatic ring is 2. The highest BCUT2D eigenvalue weighted by atomic mass is 32.2. The van der Waals surface area contributed by atoms with Gasteiger partial charge in [0.1, 0.15) is 0 Å². The van der Waals surface area contributed by atoms with Gasteiger partial charge in [-0.2, -0.15) is 15.0 Å². The van der Waals surface area contributed by atoms with Crippen molar-refractivity contribution in [3.8, 4) is 0 Å². The van der Waals surface area contributed by atoms with Gasteiger partial charge in [0.15, 0.2) is 5.16 Å². The average molecular weight is 240 g/mol. The second-order valence-corrected chi connectivity index (χ2v) is 4.41. The summed E-state index contributed by atoms with van der Waals surface area (Å²) in [5, 5.41) is 3.23. The number of nitrogens with one attached hydrogen (secondary N) is 1. The summed E-state index contributed by atoms with van der Waals surface area (Å²) in [5.74, 6) is 0.375. The van der Waals surface area contributed by atoms with Gasteiger partial charge in [0.25, 0.3) is 0 Å². The molecule has 0 saturated heterocycles. The fourth-order valence-corrected chi connectivity index (χ4v) is 1.74. The fraction of sp³-hybridized carbons (Fsp3) is 0.500. The lowest BCUT2D eigenvalue weighted by atomic mass is 10.6. The molecule has 0 unspecified atom stereocenters. The zero-order valence-corrected chi connectivity index (χ0v) is 9.33. The van der Waals surface area contributed by atoms with Crippen molar-refractivity contribution in [1.82, 2.24) is 20.3 Å². The van der Waals surface area contributed by atoms with E-state index in [0.29, 0.717) is 11.2 Å². The summed E-state index contributed by atoms with van der Waals surface area (Å²) in [6.45, 7) is 0. The van der Waals surface area contributed by atoms with Crippen LogP contribution < -0.4 is 16.8 Å². The van der Waals surface area contributed by atoms with Gasteiger partial charge in [-0.05, 0) is 12.8 Å². The van der Waals surface area contributed by atoms with Gasteiger partial charge in [0.2, 0.25) is 17.8 Å². The van der Waals surface area contributed by atoms with Crippen molar-refractivity contribution in [3.05, 3.63) is 0 Å². The summed E-state index contributed by atoms with van der Waals surface area (Å²) in [4.78, 5) is 22.7. The van der Waals surface area contributed by atoms with Gasteiger partial charge >= 0.3 is 0 Å². The van der Waals surface area contributed by atoms with Crippen molar-refractivity contribution in [3.63, 3.8) is 0 Å². The van der Waals surface area contributed by atoms with E-state index >= 15 is 0 Å². The van der Waals surface area contributed by atoms with Gasteiger partial charge in [-0.15, -0.1) is 0 Å². The highest BCUT2D eigenvalue weighted by Crippen LogP contribution is 2.19. The van der Waals surface area contributed by atoms with E-state index in [1.165, 1.54) is 11.8 Å². The first-order chi connectivity index (χ1) is 7.63.